The van der Waals surface area contributed by atoms with Crippen molar-refractivity contribution in [2.75, 3.05) is 31.8 Å². The van der Waals surface area contributed by atoms with Crippen LogP contribution in [-0.2, 0) is 13.1 Å². The van der Waals surface area contributed by atoms with E-state index in [9.17, 15) is 4.79 Å². The highest BCUT2D eigenvalue weighted by Gasteiger charge is 2.20. The lowest BCUT2D eigenvalue weighted by atomic mass is 9.99. The summed E-state index contributed by atoms with van der Waals surface area (Å²) in [6.45, 7) is 2.56. The van der Waals surface area contributed by atoms with Crippen LogP contribution in [0.25, 0.3) is 11.1 Å². The number of aryl methyl sites for hydroxylation is 2. The van der Waals surface area contributed by atoms with Crippen LogP contribution in [-0.4, -0.2) is 47.1 Å². The third kappa shape index (κ3) is 5.14. The normalized spacial score (nSPS) is 14.6. The van der Waals surface area contributed by atoms with Crippen LogP contribution in [0, 0.1) is 13.8 Å². The molecule has 5 rings (SSSR count). The Bertz CT molecular complexity index is 1610. The minimum Gasteiger partial charge on any atom is -0.494 e. The van der Waals surface area contributed by atoms with E-state index in [4.69, 9.17) is 13.8 Å². The average Bonchev–Trinajstić information content (AvgIpc) is 2.89. The second-order valence-electron chi connectivity index (χ2n) is 9.42. The van der Waals surface area contributed by atoms with E-state index in [0.29, 0.717) is 36.2 Å². The van der Waals surface area contributed by atoms with Crippen LogP contribution in [0.2, 0.25) is 0 Å². The third-order valence-corrected chi connectivity index (χ3v) is 6.44. The number of methoxy groups -OCH3 is 1. The van der Waals surface area contributed by atoms with Gasteiger partial charge in [0.2, 0.25) is 0 Å². The number of anilines is 4. The van der Waals surface area contributed by atoms with Gasteiger partial charge in [0.1, 0.15) is 11.6 Å². The van der Waals surface area contributed by atoms with Crippen LogP contribution in [0.15, 0.2) is 54.6 Å². The van der Waals surface area contributed by atoms with E-state index in [2.05, 4.69) is 31.8 Å². The number of benzene rings is 2. The minimum absolute atomic E-state index is 0.183. The van der Waals surface area contributed by atoms with Gasteiger partial charge in [-0.25, -0.2) is 4.98 Å². The van der Waals surface area contributed by atoms with Crippen molar-refractivity contribution < 1.29 is 13.6 Å². The Hall–Kier alpha value is -4.50. The van der Waals surface area contributed by atoms with Crippen LogP contribution in [0.1, 0.15) is 37.0 Å². The molecule has 0 fully saturated rings. The van der Waals surface area contributed by atoms with Gasteiger partial charge in [-0.1, -0.05) is 35.9 Å². The zero-order chi connectivity index (χ0) is 29.3. The van der Waals surface area contributed by atoms with Crippen molar-refractivity contribution >= 4 is 28.9 Å². The van der Waals surface area contributed by atoms with E-state index in [1.807, 2.05) is 68.7 Å². The molecule has 2 aromatic carbocycles. The van der Waals surface area contributed by atoms with E-state index < -0.39 is 12.9 Å². The molecule has 1 aliphatic rings. The summed E-state index contributed by atoms with van der Waals surface area (Å²) >= 11 is 0. The summed E-state index contributed by atoms with van der Waals surface area (Å²) in [5.74, 6) is 0.550. The number of pyridine rings is 1. The van der Waals surface area contributed by atoms with E-state index in [-0.39, 0.29) is 11.4 Å². The van der Waals surface area contributed by atoms with Crippen molar-refractivity contribution in [1.29, 1.82) is 0 Å². The summed E-state index contributed by atoms with van der Waals surface area (Å²) < 4.78 is 28.4. The number of aromatic nitrogens is 3. The molecule has 1 aliphatic heterocycles. The van der Waals surface area contributed by atoms with Crippen LogP contribution in [0.4, 0.5) is 23.0 Å². The second kappa shape index (κ2) is 10.5. The summed E-state index contributed by atoms with van der Waals surface area (Å²) in [5.41, 5.74) is 6.55. The maximum absolute atomic E-state index is 13.0. The van der Waals surface area contributed by atoms with Gasteiger partial charge in [-0.05, 0) is 55.8 Å². The van der Waals surface area contributed by atoms with Gasteiger partial charge in [0.15, 0.2) is 11.5 Å². The van der Waals surface area contributed by atoms with Crippen LogP contribution >= 0.6 is 0 Å². The predicted octanol–water partition coefficient (Wildman–Crippen LogP) is 4.96. The predicted molar refractivity (Wildman–Crippen MR) is 149 cm³/mol. The molecule has 4 aromatic rings. The SMILES string of the molecule is [2H]C([2H])([2H])NC(=O)c1nnc2cc1Nc1cc(cc(-c3ccc(C)cc3)c1OC)CN(C)Cc1nc(ccc1C)N2. The first-order valence-electron chi connectivity index (χ1n) is 13.7. The van der Waals surface area contributed by atoms with Crippen LogP contribution in [0.5, 0.6) is 5.75 Å². The molecule has 0 aliphatic carbocycles. The number of nitrogens with one attached hydrogen (secondary N) is 3. The highest BCUT2D eigenvalue weighted by Crippen LogP contribution is 2.40. The molecule has 9 nitrogen and oxygen atoms in total. The molecule has 0 atom stereocenters. The number of carbonyl (C=O) groups excluding carboxylic acids is 1. The zero-order valence-corrected chi connectivity index (χ0v) is 21.7. The fourth-order valence-electron chi connectivity index (χ4n) is 4.52. The summed E-state index contributed by atoms with van der Waals surface area (Å²) in [5, 5.41) is 16.7. The Labute approximate surface area is 226 Å². The first-order chi connectivity index (χ1) is 19.5. The molecule has 38 heavy (non-hydrogen) atoms. The molecule has 0 radical (unpaired) electrons. The molecule has 2 aromatic heterocycles. The average molecular weight is 513 g/mol. The lowest BCUT2D eigenvalue weighted by Gasteiger charge is -2.23. The largest absolute Gasteiger partial charge is 0.494 e. The Balaban J connectivity index is 1.71. The van der Waals surface area contributed by atoms with Gasteiger partial charge in [0.25, 0.3) is 5.91 Å². The number of hydrogen-bond acceptors (Lipinski definition) is 8. The number of fused-ring (bicyclic) bond motifs is 6. The molecule has 0 saturated heterocycles. The molecule has 1 amide bonds. The molecule has 0 spiro atoms. The Morgan fingerprint density at radius 2 is 1.82 bits per heavy atom. The number of amides is 1. The molecule has 3 heterocycles. The van der Waals surface area contributed by atoms with Crippen LogP contribution in [0.3, 0.4) is 0 Å². The number of ether oxygens (including phenoxy) is 1. The highest BCUT2D eigenvalue weighted by atomic mass is 16.5. The molecule has 194 valence electrons. The van der Waals surface area contributed by atoms with Gasteiger partial charge >= 0.3 is 0 Å². The van der Waals surface area contributed by atoms with Crippen molar-refractivity contribution in [3.05, 3.63) is 82.7 Å². The Morgan fingerprint density at radius 3 is 2.58 bits per heavy atom. The van der Waals surface area contributed by atoms with Crippen LogP contribution < -0.4 is 20.7 Å². The lowest BCUT2D eigenvalue weighted by Crippen LogP contribution is -2.22. The molecule has 6 bridgehead atoms. The van der Waals surface area contributed by atoms with E-state index in [0.717, 1.165) is 33.5 Å². The molecule has 3 N–H and O–H groups in total. The quantitative estimate of drug-likeness (QED) is 0.354. The number of rotatable bonds is 3. The standard InChI is InChI=1S/C29H31N7O2/c1-17-6-9-20(10-7-17)21-12-19-13-23(28(21)38-5)31-22-14-26(34-35-27(22)29(37)30-3)33-25-11-8-18(2)24(32-25)16-36(4)15-19/h6-14,31H,15-16H2,1-5H3,(H,30,37)(H,32,33,34)/i3D3. The molecular formula is C29H31N7O2. The van der Waals surface area contributed by atoms with Crippen molar-refractivity contribution in [3.63, 3.8) is 0 Å². The van der Waals surface area contributed by atoms with Crippen molar-refractivity contribution in [2.24, 2.45) is 0 Å². The highest BCUT2D eigenvalue weighted by molar-refractivity contribution is 5.99. The zero-order valence-electron chi connectivity index (χ0n) is 24.7. The summed E-state index contributed by atoms with van der Waals surface area (Å²) in [6, 6.07) is 17.6. The molecule has 0 saturated carbocycles. The van der Waals surface area contributed by atoms with Gasteiger partial charge in [-0.2, -0.15) is 0 Å². The summed E-state index contributed by atoms with van der Waals surface area (Å²) in [6.07, 6.45) is 0. The number of carbonyl (C=O) groups is 1. The monoisotopic (exact) mass is 512 g/mol. The second-order valence-corrected chi connectivity index (χ2v) is 9.42. The molecule has 0 unspecified atom stereocenters. The fourth-order valence-corrected chi connectivity index (χ4v) is 4.52. The molecule has 9 heteroatoms. The first-order valence-corrected chi connectivity index (χ1v) is 12.2. The number of nitrogens with zero attached hydrogens (tertiary/aromatic N) is 4. The Morgan fingerprint density at radius 1 is 1.00 bits per heavy atom. The van der Waals surface area contributed by atoms with Crippen molar-refractivity contribution in [2.45, 2.75) is 26.9 Å². The first kappa shape index (κ1) is 21.6. The summed E-state index contributed by atoms with van der Waals surface area (Å²) in [4.78, 5) is 19.9. The van der Waals surface area contributed by atoms with Crippen molar-refractivity contribution in [1.82, 2.24) is 25.4 Å². The van der Waals surface area contributed by atoms with E-state index in [1.54, 1.807) is 13.2 Å². The smallest absolute Gasteiger partial charge is 0.273 e. The maximum Gasteiger partial charge on any atom is 0.273 e. The topological polar surface area (TPSA) is 104 Å². The minimum atomic E-state index is -2.70. The number of hydrogen-bond donors (Lipinski definition) is 3. The van der Waals surface area contributed by atoms with Gasteiger partial charge < -0.3 is 20.7 Å². The maximum atomic E-state index is 13.0. The third-order valence-electron chi connectivity index (χ3n) is 6.44. The van der Waals surface area contributed by atoms with Crippen molar-refractivity contribution in [3.8, 4) is 16.9 Å². The fraction of sp³-hybridized carbons (Fsp3) is 0.241. The van der Waals surface area contributed by atoms with E-state index >= 15 is 0 Å². The van der Waals surface area contributed by atoms with Gasteiger partial charge in [0, 0.05) is 35.8 Å². The van der Waals surface area contributed by atoms with Gasteiger partial charge in [-0.15, -0.1) is 10.2 Å². The van der Waals surface area contributed by atoms with E-state index in [1.165, 1.54) is 0 Å². The van der Waals surface area contributed by atoms with Gasteiger partial charge in [-0.3, -0.25) is 9.69 Å². The lowest BCUT2D eigenvalue weighted by molar-refractivity contribution is 0.0958. The molecular weight excluding hydrogens is 478 g/mol. The Kier molecular flexibility index (Phi) is 5.94. The summed E-state index contributed by atoms with van der Waals surface area (Å²) in [7, 11) is 3.62. The van der Waals surface area contributed by atoms with Gasteiger partial charge in [0.05, 0.1) is 24.2 Å².